The molecule has 0 bridgehead atoms. The van der Waals surface area contributed by atoms with E-state index in [2.05, 4.69) is 10.0 Å². The quantitative estimate of drug-likeness (QED) is 0.562. The number of carbonyl (C=O) groups excluding carboxylic acids is 1. The molecule has 0 spiro atoms. The van der Waals surface area contributed by atoms with Gasteiger partial charge >= 0.3 is 0 Å². The highest BCUT2D eigenvalue weighted by Crippen LogP contribution is 2.24. The van der Waals surface area contributed by atoms with Gasteiger partial charge in [0.2, 0.25) is 26.0 Å². The molecule has 0 unspecified atom stereocenters. The molecule has 1 fully saturated rings. The third-order valence-electron chi connectivity index (χ3n) is 5.14. The van der Waals surface area contributed by atoms with Crippen LogP contribution < -0.4 is 14.8 Å². The number of methoxy groups -OCH3 is 1. The van der Waals surface area contributed by atoms with Crippen LogP contribution in [-0.4, -0.2) is 66.5 Å². The molecular weight excluding hydrogens is 470 g/mol. The van der Waals surface area contributed by atoms with Crippen molar-refractivity contribution >= 4 is 31.6 Å². The van der Waals surface area contributed by atoms with Gasteiger partial charge in [0.1, 0.15) is 5.75 Å². The molecule has 0 saturated carbocycles. The first-order chi connectivity index (χ1) is 15.5. The van der Waals surface area contributed by atoms with Crippen molar-refractivity contribution in [3.05, 3.63) is 48.0 Å². The minimum Gasteiger partial charge on any atom is -0.497 e. The second-order valence-electron chi connectivity index (χ2n) is 7.50. The molecule has 2 N–H and O–H groups in total. The van der Waals surface area contributed by atoms with Crippen LogP contribution in [0.5, 0.6) is 5.75 Å². The highest BCUT2D eigenvalue weighted by atomic mass is 32.2. The van der Waals surface area contributed by atoms with Crippen molar-refractivity contribution in [2.45, 2.75) is 29.7 Å². The number of amides is 1. The minimum absolute atomic E-state index is 0.0165. The van der Waals surface area contributed by atoms with E-state index in [1.165, 1.54) is 48.7 Å². The Hall–Kier alpha value is -2.51. The lowest BCUT2D eigenvalue weighted by Gasteiger charge is -2.27. The van der Waals surface area contributed by atoms with Crippen molar-refractivity contribution in [3.8, 4) is 5.75 Å². The van der Waals surface area contributed by atoms with Crippen LogP contribution in [0.25, 0.3) is 0 Å². The van der Waals surface area contributed by atoms with Crippen molar-refractivity contribution in [2.75, 3.05) is 38.7 Å². The molecule has 180 valence electrons. The lowest BCUT2D eigenvalue weighted by atomic mass is 10.2. The van der Waals surface area contributed by atoms with E-state index >= 15 is 0 Å². The molecule has 0 aromatic heterocycles. The van der Waals surface area contributed by atoms with Gasteiger partial charge in [-0.2, -0.15) is 9.03 Å². The zero-order chi connectivity index (χ0) is 24.2. The Morgan fingerprint density at radius 2 is 1.70 bits per heavy atom. The van der Waals surface area contributed by atoms with E-state index in [0.717, 1.165) is 0 Å². The molecule has 1 aliphatic heterocycles. The lowest BCUT2D eigenvalue weighted by Crippen LogP contribution is -2.41. The third kappa shape index (κ3) is 5.89. The number of anilines is 1. The van der Waals surface area contributed by atoms with Gasteiger partial charge in [0, 0.05) is 18.8 Å². The third-order valence-corrected chi connectivity index (χ3v) is 8.74. The maximum atomic E-state index is 13.0. The molecule has 33 heavy (non-hydrogen) atoms. The number of carbonyl (C=O) groups is 1. The van der Waals surface area contributed by atoms with Gasteiger partial charge in [-0.1, -0.05) is 6.07 Å². The number of nitrogens with zero attached hydrogens (tertiary/aromatic N) is 1. The summed E-state index contributed by atoms with van der Waals surface area (Å²) in [6.07, 6.45) is 0. The number of rotatable bonds is 8. The Kier molecular flexibility index (Phi) is 7.75. The summed E-state index contributed by atoms with van der Waals surface area (Å²) in [5.41, 5.74) is 0.778. The molecule has 12 heteroatoms. The molecule has 0 aliphatic carbocycles. The summed E-state index contributed by atoms with van der Waals surface area (Å²) in [6, 6.07) is 9.17. The molecule has 2 aromatic carbocycles. The Labute approximate surface area is 194 Å². The Morgan fingerprint density at radius 3 is 2.30 bits per heavy atom. The Balaban J connectivity index is 1.73. The molecule has 1 amide bonds. The number of morpholine rings is 1. The van der Waals surface area contributed by atoms with Gasteiger partial charge in [-0.3, -0.25) is 4.79 Å². The van der Waals surface area contributed by atoms with E-state index in [0.29, 0.717) is 24.5 Å². The summed E-state index contributed by atoms with van der Waals surface area (Å²) in [6.45, 7) is 4.21. The SMILES string of the molecule is COc1ccc(S(=O)(=O)N[C@@H](C)C(=O)Nc2ccc(C)c(S(=O)(=O)N3CCOCC3)c2)cc1. The topological polar surface area (TPSA) is 131 Å². The van der Waals surface area contributed by atoms with E-state index in [4.69, 9.17) is 9.47 Å². The summed E-state index contributed by atoms with van der Waals surface area (Å²) in [4.78, 5) is 12.7. The van der Waals surface area contributed by atoms with Gasteiger partial charge in [-0.15, -0.1) is 0 Å². The first kappa shape index (κ1) is 25.1. The summed E-state index contributed by atoms with van der Waals surface area (Å²) in [5, 5.41) is 2.58. The molecule has 1 atom stereocenters. The fourth-order valence-electron chi connectivity index (χ4n) is 3.24. The van der Waals surface area contributed by atoms with Crippen LogP contribution in [0, 0.1) is 6.92 Å². The first-order valence-corrected chi connectivity index (χ1v) is 13.1. The molecule has 1 saturated heterocycles. The predicted molar refractivity (Wildman–Crippen MR) is 122 cm³/mol. The van der Waals surface area contributed by atoms with Crippen LogP contribution in [0.4, 0.5) is 5.69 Å². The number of nitrogens with one attached hydrogen (secondary N) is 2. The van der Waals surface area contributed by atoms with E-state index in [9.17, 15) is 21.6 Å². The second-order valence-corrected chi connectivity index (χ2v) is 11.1. The van der Waals surface area contributed by atoms with Gasteiger partial charge in [-0.05, 0) is 55.8 Å². The van der Waals surface area contributed by atoms with Gasteiger partial charge in [0.05, 0.1) is 36.2 Å². The molecule has 1 heterocycles. The van der Waals surface area contributed by atoms with Crippen molar-refractivity contribution in [1.82, 2.24) is 9.03 Å². The van der Waals surface area contributed by atoms with Gasteiger partial charge in [-0.25, -0.2) is 16.8 Å². The van der Waals surface area contributed by atoms with Gasteiger partial charge in [0.15, 0.2) is 0 Å². The summed E-state index contributed by atoms with van der Waals surface area (Å²) >= 11 is 0. The Morgan fingerprint density at radius 1 is 1.06 bits per heavy atom. The standard InChI is InChI=1S/C21H27N3O7S2/c1-15-4-5-17(14-20(15)33(28,29)24-10-12-31-13-11-24)22-21(25)16(2)23-32(26,27)19-8-6-18(30-3)7-9-19/h4-9,14,16,23H,10-13H2,1-3H3,(H,22,25)/t16-/m0/s1. The monoisotopic (exact) mass is 497 g/mol. The van der Waals surface area contributed by atoms with Gasteiger partial charge < -0.3 is 14.8 Å². The van der Waals surface area contributed by atoms with Crippen LogP contribution in [0.15, 0.2) is 52.3 Å². The summed E-state index contributed by atoms with van der Waals surface area (Å²) in [5.74, 6) is -0.132. The first-order valence-electron chi connectivity index (χ1n) is 10.2. The summed E-state index contributed by atoms with van der Waals surface area (Å²) < 4.78 is 65.1. The van der Waals surface area contributed by atoms with Crippen LogP contribution >= 0.6 is 0 Å². The smallest absolute Gasteiger partial charge is 0.243 e. The highest BCUT2D eigenvalue weighted by Gasteiger charge is 2.28. The number of aryl methyl sites for hydroxylation is 1. The fraction of sp³-hybridized carbons (Fsp3) is 0.381. The summed E-state index contributed by atoms with van der Waals surface area (Å²) in [7, 11) is -6.25. The molecular formula is C21H27N3O7S2. The normalized spacial score (nSPS) is 16.2. The van der Waals surface area contributed by atoms with E-state index in [-0.39, 0.29) is 28.6 Å². The van der Waals surface area contributed by atoms with Crippen molar-refractivity contribution < 1.29 is 31.1 Å². The number of sulfonamides is 2. The van der Waals surface area contributed by atoms with Crippen molar-refractivity contribution in [2.24, 2.45) is 0 Å². The van der Waals surface area contributed by atoms with E-state index in [1.54, 1.807) is 19.1 Å². The largest absolute Gasteiger partial charge is 0.497 e. The molecule has 10 nitrogen and oxygen atoms in total. The number of hydrogen-bond donors (Lipinski definition) is 2. The van der Waals surface area contributed by atoms with Crippen LogP contribution in [0.1, 0.15) is 12.5 Å². The van der Waals surface area contributed by atoms with Crippen LogP contribution in [0.3, 0.4) is 0 Å². The maximum Gasteiger partial charge on any atom is 0.243 e. The number of ether oxygens (including phenoxy) is 2. The van der Waals surface area contributed by atoms with Crippen molar-refractivity contribution in [1.29, 1.82) is 0 Å². The molecule has 2 aromatic rings. The van der Waals surface area contributed by atoms with E-state index in [1.807, 2.05) is 0 Å². The molecule has 1 aliphatic rings. The van der Waals surface area contributed by atoms with Crippen LogP contribution in [0.2, 0.25) is 0 Å². The zero-order valence-electron chi connectivity index (χ0n) is 18.6. The molecule has 3 rings (SSSR count). The minimum atomic E-state index is -3.96. The van der Waals surface area contributed by atoms with Crippen LogP contribution in [-0.2, 0) is 29.6 Å². The fourth-order valence-corrected chi connectivity index (χ4v) is 6.10. The number of hydrogen-bond acceptors (Lipinski definition) is 7. The predicted octanol–water partition coefficient (Wildman–Crippen LogP) is 1.33. The van der Waals surface area contributed by atoms with E-state index < -0.39 is 32.0 Å². The lowest BCUT2D eigenvalue weighted by molar-refractivity contribution is -0.117. The average molecular weight is 498 g/mol. The second kappa shape index (κ2) is 10.2. The van der Waals surface area contributed by atoms with Crippen molar-refractivity contribution in [3.63, 3.8) is 0 Å². The van der Waals surface area contributed by atoms with Gasteiger partial charge in [0.25, 0.3) is 0 Å². The maximum absolute atomic E-state index is 13.0. The average Bonchev–Trinajstić information content (AvgIpc) is 2.80. The highest BCUT2D eigenvalue weighted by molar-refractivity contribution is 7.89. The Bertz CT molecular complexity index is 1210. The number of benzene rings is 2. The molecule has 0 radical (unpaired) electrons. The zero-order valence-corrected chi connectivity index (χ0v) is 20.2.